The molecule has 0 aromatic heterocycles. The molecule has 1 aliphatic rings. The molecular formula is C22H27FN2O3. The Bertz CT molecular complexity index is 768. The van der Waals surface area contributed by atoms with E-state index in [0.717, 1.165) is 31.5 Å². The summed E-state index contributed by atoms with van der Waals surface area (Å²) < 4.78 is 24.3. The normalized spacial score (nSPS) is 15.8. The number of carbonyl (C=O) groups excluding carboxylic acids is 1. The molecule has 0 radical (unpaired) electrons. The Morgan fingerprint density at radius 3 is 2.57 bits per heavy atom. The van der Waals surface area contributed by atoms with Gasteiger partial charge in [0.1, 0.15) is 18.2 Å². The molecule has 1 heterocycles. The zero-order valence-electron chi connectivity index (χ0n) is 16.2. The van der Waals surface area contributed by atoms with E-state index in [1.807, 2.05) is 12.1 Å². The van der Waals surface area contributed by atoms with Crippen molar-refractivity contribution < 1.29 is 18.7 Å². The number of hydrogen-bond donors (Lipinski definition) is 2. The van der Waals surface area contributed by atoms with E-state index in [0.29, 0.717) is 24.5 Å². The summed E-state index contributed by atoms with van der Waals surface area (Å²) in [6.07, 6.45) is 1.92. The third kappa shape index (κ3) is 5.30. The number of halogens is 1. The number of carbonyl (C=O) groups is 1. The fourth-order valence-corrected chi connectivity index (χ4v) is 3.52. The fourth-order valence-electron chi connectivity index (χ4n) is 3.52. The second-order valence-electron chi connectivity index (χ2n) is 7.28. The minimum atomic E-state index is -0.286. The lowest BCUT2D eigenvalue weighted by Gasteiger charge is -2.37. The van der Waals surface area contributed by atoms with Gasteiger partial charge in [0.05, 0.1) is 12.2 Å². The predicted molar refractivity (Wildman–Crippen MR) is 106 cm³/mol. The number of nitrogens with one attached hydrogen (secondary N) is 2. The molecule has 1 aliphatic heterocycles. The molecule has 2 aromatic rings. The van der Waals surface area contributed by atoms with Gasteiger partial charge in [0.15, 0.2) is 0 Å². The summed E-state index contributed by atoms with van der Waals surface area (Å²) in [6, 6.07) is 13.3. The van der Waals surface area contributed by atoms with Gasteiger partial charge in [-0.1, -0.05) is 24.3 Å². The van der Waals surface area contributed by atoms with Crippen LogP contribution in [0.2, 0.25) is 0 Å². The van der Waals surface area contributed by atoms with E-state index >= 15 is 0 Å². The van der Waals surface area contributed by atoms with Crippen molar-refractivity contribution in [2.45, 2.75) is 19.4 Å². The summed E-state index contributed by atoms with van der Waals surface area (Å²) in [7, 11) is 1.70. The standard InChI is InChI=1S/C22H27FN2O3/c1-27-16-22(10-12-24-13-11-22)15-25-21(26)19-4-2-3-5-20(19)28-14-17-6-8-18(23)9-7-17/h2-9,24H,10-16H2,1H3,(H,25,26). The summed E-state index contributed by atoms with van der Waals surface area (Å²) in [4.78, 5) is 12.8. The first kappa shape index (κ1) is 20.3. The van der Waals surface area contributed by atoms with Crippen LogP contribution in [0, 0.1) is 11.2 Å². The molecule has 2 N–H and O–H groups in total. The lowest BCUT2D eigenvalue weighted by Crippen LogP contribution is -2.47. The van der Waals surface area contributed by atoms with E-state index in [-0.39, 0.29) is 23.7 Å². The van der Waals surface area contributed by atoms with Crippen LogP contribution in [0.1, 0.15) is 28.8 Å². The van der Waals surface area contributed by atoms with Gasteiger partial charge >= 0.3 is 0 Å². The van der Waals surface area contributed by atoms with Gasteiger partial charge in [-0.05, 0) is 55.8 Å². The van der Waals surface area contributed by atoms with E-state index in [1.165, 1.54) is 12.1 Å². The Labute approximate surface area is 165 Å². The zero-order valence-corrected chi connectivity index (χ0v) is 16.2. The first-order valence-electron chi connectivity index (χ1n) is 9.56. The third-order valence-electron chi connectivity index (χ3n) is 5.18. The molecule has 1 amide bonds. The van der Waals surface area contributed by atoms with Crippen molar-refractivity contribution in [2.24, 2.45) is 5.41 Å². The SMILES string of the molecule is COCC1(CNC(=O)c2ccccc2OCc2ccc(F)cc2)CCNCC1. The molecule has 0 unspecified atom stereocenters. The van der Waals surface area contributed by atoms with E-state index < -0.39 is 0 Å². The van der Waals surface area contributed by atoms with Crippen LogP contribution in [0.15, 0.2) is 48.5 Å². The first-order valence-corrected chi connectivity index (χ1v) is 9.56. The van der Waals surface area contributed by atoms with Crippen LogP contribution in [0.5, 0.6) is 5.75 Å². The highest BCUT2D eigenvalue weighted by atomic mass is 19.1. The minimum Gasteiger partial charge on any atom is -0.488 e. The number of amides is 1. The van der Waals surface area contributed by atoms with Gasteiger partial charge in [-0.15, -0.1) is 0 Å². The van der Waals surface area contributed by atoms with Crippen LogP contribution in [0.25, 0.3) is 0 Å². The van der Waals surface area contributed by atoms with Crippen molar-refractivity contribution in [3.05, 3.63) is 65.5 Å². The predicted octanol–water partition coefficient (Wildman–Crippen LogP) is 3.15. The lowest BCUT2D eigenvalue weighted by molar-refractivity contribution is 0.0511. The number of piperidine rings is 1. The highest BCUT2D eigenvalue weighted by Gasteiger charge is 2.32. The summed E-state index contributed by atoms with van der Waals surface area (Å²) in [5, 5.41) is 6.41. The van der Waals surface area contributed by atoms with Crippen molar-refractivity contribution >= 4 is 5.91 Å². The molecule has 2 aromatic carbocycles. The molecule has 6 heteroatoms. The maximum atomic E-state index is 13.0. The van der Waals surface area contributed by atoms with Crippen LogP contribution in [-0.4, -0.2) is 39.3 Å². The second-order valence-corrected chi connectivity index (χ2v) is 7.28. The van der Waals surface area contributed by atoms with Crippen LogP contribution < -0.4 is 15.4 Å². The monoisotopic (exact) mass is 386 g/mol. The first-order chi connectivity index (χ1) is 13.6. The largest absolute Gasteiger partial charge is 0.488 e. The maximum Gasteiger partial charge on any atom is 0.255 e. The van der Waals surface area contributed by atoms with Crippen molar-refractivity contribution in [3.63, 3.8) is 0 Å². The third-order valence-corrected chi connectivity index (χ3v) is 5.18. The smallest absolute Gasteiger partial charge is 0.255 e. The van der Waals surface area contributed by atoms with E-state index in [4.69, 9.17) is 9.47 Å². The molecule has 5 nitrogen and oxygen atoms in total. The molecule has 1 fully saturated rings. The minimum absolute atomic E-state index is 0.0421. The maximum absolute atomic E-state index is 13.0. The van der Waals surface area contributed by atoms with Crippen molar-refractivity contribution in [3.8, 4) is 5.75 Å². The van der Waals surface area contributed by atoms with Gasteiger partial charge in [0.25, 0.3) is 5.91 Å². The number of para-hydroxylation sites is 1. The van der Waals surface area contributed by atoms with Crippen LogP contribution in [0.4, 0.5) is 4.39 Å². The van der Waals surface area contributed by atoms with E-state index in [1.54, 1.807) is 31.4 Å². The summed E-state index contributed by atoms with van der Waals surface area (Å²) in [5.74, 6) is 0.0607. The molecule has 0 bridgehead atoms. The average Bonchev–Trinajstić information content (AvgIpc) is 2.73. The second kappa shape index (κ2) is 9.66. The van der Waals surface area contributed by atoms with Gasteiger partial charge in [0.2, 0.25) is 0 Å². The Morgan fingerprint density at radius 2 is 1.86 bits per heavy atom. The van der Waals surface area contributed by atoms with Crippen LogP contribution >= 0.6 is 0 Å². The lowest BCUT2D eigenvalue weighted by atomic mass is 9.79. The summed E-state index contributed by atoms with van der Waals surface area (Å²) >= 11 is 0. The molecule has 0 atom stereocenters. The number of methoxy groups -OCH3 is 1. The Balaban J connectivity index is 1.64. The fraction of sp³-hybridized carbons (Fsp3) is 0.409. The van der Waals surface area contributed by atoms with Gasteiger partial charge in [0, 0.05) is 19.1 Å². The van der Waals surface area contributed by atoms with Crippen LogP contribution in [0.3, 0.4) is 0 Å². The average molecular weight is 386 g/mol. The molecular weight excluding hydrogens is 359 g/mol. The Hall–Kier alpha value is -2.44. The number of benzene rings is 2. The van der Waals surface area contributed by atoms with Gasteiger partial charge < -0.3 is 20.1 Å². The van der Waals surface area contributed by atoms with Crippen LogP contribution in [-0.2, 0) is 11.3 Å². The number of hydrogen-bond acceptors (Lipinski definition) is 4. The molecule has 28 heavy (non-hydrogen) atoms. The summed E-state index contributed by atoms with van der Waals surface area (Å²) in [5.41, 5.74) is 1.29. The van der Waals surface area contributed by atoms with Crippen molar-refractivity contribution in [1.82, 2.24) is 10.6 Å². The van der Waals surface area contributed by atoms with E-state index in [9.17, 15) is 9.18 Å². The van der Waals surface area contributed by atoms with Crippen molar-refractivity contribution in [1.29, 1.82) is 0 Å². The van der Waals surface area contributed by atoms with Crippen molar-refractivity contribution in [2.75, 3.05) is 33.4 Å². The molecule has 150 valence electrons. The molecule has 0 saturated carbocycles. The molecule has 1 saturated heterocycles. The zero-order chi connectivity index (χ0) is 19.8. The number of rotatable bonds is 8. The molecule has 0 aliphatic carbocycles. The highest BCUT2D eigenvalue weighted by molar-refractivity contribution is 5.96. The van der Waals surface area contributed by atoms with Gasteiger partial charge in [-0.2, -0.15) is 0 Å². The summed E-state index contributed by atoms with van der Waals surface area (Å²) in [6.45, 7) is 3.31. The van der Waals surface area contributed by atoms with Gasteiger partial charge in [-0.25, -0.2) is 4.39 Å². The van der Waals surface area contributed by atoms with Gasteiger partial charge in [-0.3, -0.25) is 4.79 Å². The quantitative estimate of drug-likeness (QED) is 0.732. The number of ether oxygens (including phenoxy) is 2. The molecule has 3 rings (SSSR count). The highest BCUT2D eigenvalue weighted by Crippen LogP contribution is 2.28. The topological polar surface area (TPSA) is 59.6 Å². The molecule has 0 spiro atoms. The Kier molecular flexibility index (Phi) is 7.01. The van der Waals surface area contributed by atoms with E-state index in [2.05, 4.69) is 10.6 Å². The Morgan fingerprint density at radius 1 is 1.14 bits per heavy atom.